The topological polar surface area (TPSA) is 81.8 Å². The first-order valence-corrected chi connectivity index (χ1v) is 8.12. The third-order valence-electron chi connectivity index (χ3n) is 3.18. The van der Waals surface area contributed by atoms with E-state index in [1.807, 2.05) is 12.1 Å². The largest absolute Gasteiger partial charge is 0.402 e. The lowest BCUT2D eigenvalue weighted by Gasteiger charge is -1.98. The van der Waals surface area contributed by atoms with E-state index in [9.17, 15) is 14.9 Å². The highest BCUT2D eigenvalue weighted by Crippen LogP contribution is 2.27. The van der Waals surface area contributed by atoms with Gasteiger partial charge in [0.25, 0.3) is 5.69 Å². The van der Waals surface area contributed by atoms with Crippen LogP contribution in [0.15, 0.2) is 53.2 Å². The van der Waals surface area contributed by atoms with Crippen molar-refractivity contribution < 1.29 is 14.5 Å². The van der Waals surface area contributed by atoms with Gasteiger partial charge >= 0.3 is 5.97 Å². The molecule has 6 nitrogen and oxygen atoms in total. The van der Waals surface area contributed by atoms with Crippen LogP contribution in [-0.4, -0.2) is 16.8 Å². The van der Waals surface area contributed by atoms with Crippen molar-refractivity contribution in [2.24, 2.45) is 4.99 Å². The van der Waals surface area contributed by atoms with Crippen LogP contribution in [0.25, 0.3) is 6.08 Å². The van der Waals surface area contributed by atoms with E-state index < -0.39 is 10.9 Å². The molecule has 0 atom stereocenters. The molecule has 8 heteroatoms. The van der Waals surface area contributed by atoms with Crippen molar-refractivity contribution in [3.63, 3.8) is 0 Å². The lowest BCUT2D eigenvalue weighted by Crippen LogP contribution is -2.05. The molecule has 24 heavy (non-hydrogen) atoms. The summed E-state index contributed by atoms with van der Waals surface area (Å²) < 4.78 is 6.22. The zero-order valence-electron chi connectivity index (χ0n) is 11.9. The Morgan fingerprint density at radius 3 is 2.54 bits per heavy atom. The molecule has 1 aliphatic rings. The Morgan fingerprint density at radius 2 is 1.92 bits per heavy atom. The Hall–Kier alpha value is -2.26. The van der Waals surface area contributed by atoms with Gasteiger partial charge in [-0.05, 0) is 70.6 Å². The van der Waals surface area contributed by atoms with Crippen LogP contribution < -0.4 is 0 Å². The number of nitrogens with zero attached hydrogens (tertiary/aromatic N) is 2. The fourth-order valence-corrected chi connectivity index (χ4v) is 2.66. The van der Waals surface area contributed by atoms with Gasteiger partial charge in [-0.15, -0.1) is 0 Å². The van der Waals surface area contributed by atoms with Gasteiger partial charge in [0.2, 0.25) is 5.90 Å². The second kappa shape index (κ2) is 6.70. The first-order chi connectivity index (χ1) is 11.4. The smallest absolute Gasteiger partial charge is 0.363 e. The SMILES string of the molecule is O=C1OC(c2ccc(I)cc2)=NC1=Cc1ccc([N+](=O)[O-])c(Cl)c1. The van der Waals surface area contributed by atoms with E-state index in [0.29, 0.717) is 11.1 Å². The molecule has 0 aliphatic carbocycles. The lowest BCUT2D eigenvalue weighted by atomic mass is 10.2. The first kappa shape index (κ1) is 16.6. The lowest BCUT2D eigenvalue weighted by molar-refractivity contribution is -0.384. The Morgan fingerprint density at radius 1 is 1.21 bits per heavy atom. The van der Waals surface area contributed by atoms with E-state index in [2.05, 4.69) is 27.6 Å². The molecule has 2 aromatic carbocycles. The number of benzene rings is 2. The van der Waals surface area contributed by atoms with Gasteiger partial charge in [-0.2, -0.15) is 0 Å². The van der Waals surface area contributed by atoms with Gasteiger partial charge < -0.3 is 4.74 Å². The van der Waals surface area contributed by atoms with E-state index in [1.165, 1.54) is 24.3 Å². The number of carbonyl (C=O) groups excluding carboxylic acids is 1. The quantitative estimate of drug-likeness (QED) is 0.229. The van der Waals surface area contributed by atoms with Crippen molar-refractivity contribution in [2.45, 2.75) is 0 Å². The highest BCUT2D eigenvalue weighted by Gasteiger charge is 2.24. The van der Waals surface area contributed by atoms with Gasteiger partial charge in [0.05, 0.1) is 4.92 Å². The van der Waals surface area contributed by atoms with E-state index in [0.717, 1.165) is 3.57 Å². The number of nitro groups is 1. The Labute approximate surface area is 155 Å². The molecule has 1 heterocycles. The summed E-state index contributed by atoms with van der Waals surface area (Å²) in [6, 6.07) is 11.5. The predicted molar refractivity (Wildman–Crippen MR) is 97.9 cm³/mol. The van der Waals surface area contributed by atoms with Crippen molar-refractivity contribution in [3.8, 4) is 0 Å². The molecular weight excluding hydrogens is 447 g/mol. The molecule has 0 fully saturated rings. The summed E-state index contributed by atoms with van der Waals surface area (Å²) in [7, 11) is 0. The van der Waals surface area contributed by atoms with E-state index >= 15 is 0 Å². The minimum atomic E-state index is -0.585. The molecule has 2 aromatic rings. The molecule has 0 N–H and O–H groups in total. The van der Waals surface area contributed by atoms with Gasteiger partial charge in [-0.25, -0.2) is 9.79 Å². The van der Waals surface area contributed by atoms with E-state index in [-0.39, 0.29) is 22.3 Å². The minimum Gasteiger partial charge on any atom is -0.402 e. The van der Waals surface area contributed by atoms with Crippen LogP contribution in [0.3, 0.4) is 0 Å². The summed E-state index contributed by atoms with van der Waals surface area (Å²) in [5.74, 6) is -0.367. The molecule has 1 aliphatic heterocycles. The number of aliphatic imine (C=N–C) groups is 1. The van der Waals surface area contributed by atoms with Crippen LogP contribution >= 0.6 is 34.2 Å². The number of ether oxygens (including phenoxy) is 1. The first-order valence-electron chi connectivity index (χ1n) is 6.66. The third-order valence-corrected chi connectivity index (χ3v) is 4.21. The van der Waals surface area contributed by atoms with Crippen LogP contribution in [0.2, 0.25) is 5.02 Å². The molecule has 0 amide bonds. The molecule has 0 unspecified atom stereocenters. The van der Waals surface area contributed by atoms with Crippen LogP contribution in [0, 0.1) is 13.7 Å². The predicted octanol–water partition coefficient (Wildman–Crippen LogP) is 4.20. The molecule has 3 rings (SSSR count). The van der Waals surface area contributed by atoms with Gasteiger partial charge in [-0.3, -0.25) is 10.1 Å². The second-order valence-corrected chi connectivity index (χ2v) is 6.46. The van der Waals surface area contributed by atoms with Gasteiger partial charge in [0.1, 0.15) is 5.02 Å². The number of nitro benzene ring substituents is 1. The number of rotatable bonds is 3. The van der Waals surface area contributed by atoms with Crippen molar-refractivity contribution in [1.82, 2.24) is 0 Å². The second-order valence-electron chi connectivity index (χ2n) is 4.81. The molecule has 0 bridgehead atoms. The summed E-state index contributed by atoms with van der Waals surface area (Å²) in [5.41, 5.74) is 1.11. The van der Waals surface area contributed by atoms with E-state index in [4.69, 9.17) is 16.3 Å². The summed E-state index contributed by atoms with van der Waals surface area (Å²) in [6.07, 6.45) is 1.47. The fraction of sp³-hybridized carbons (Fsp3) is 0. The molecule has 0 saturated heterocycles. The van der Waals surface area contributed by atoms with Gasteiger partial charge in [0, 0.05) is 15.2 Å². The summed E-state index contributed by atoms with van der Waals surface area (Å²) in [4.78, 5) is 26.3. The van der Waals surface area contributed by atoms with Gasteiger partial charge in [0.15, 0.2) is 5.70 Å². The number of hydrogen-bond acceptors (Lipinski definition) is 5. The van der Waals surface area contributed by atoms with Crippen LogP contribution in [0.5, 0.6) is 0 Å². The highest BCUT2D eigenvalue weighted by molar-refractivity contribution is 14.1. The standard InChI is InChI=1S/C16H8ClIN2O4/c17-12-7-9(1-6-14(12)20(22)23)8-13-16(21)24-15(19-13)10-2-4-11(18)5-3-10/h1-8H. The van der Waals surface area contributed by atoms with Crippen LogP contribution in [0.4, 0.5) is 5.69 Å². The minimum absolute atomic E-state index is 0.0115. The Balaban J connectivity index is 1.92. The van der Waals surface area contributed by atoms with Crippen molar-refractivity contribution in [1.29, 1.82) is 0 Å². The molecule has 0 spiro atoms. The maximum absolute atomic E-state index is 11.9. The molecule has 120 valence electrons. The van der Waals surface area contributed by atoms with Crippen LogP contribution in [-0.2, 0) is 9.53 Å². The molecular formula is C16H8ClIN2O4. The Kier molecular flexibility index (Phi) is 4.63. The molecule has 0 radical (unpaired) electrons. The third kappa shape index (κ3) is 3.46. The fourth-order valence-electron chi connectivity index (χ4n) is 2.04. The molecule has 0 saturated carbocycles. The molecule has 0 aromatic heterocycles. The van der Waals surface area contributed by atoms with Crippen LogP contribution in [0.1, 0.15) is 11.1 Å². The Bertz CT molecular complexity index is 907. The van der Waals surface area contributed by atoms with E-state index in [1.54, 1.807) is 12.1 Å². The number of halogens is 2. The van der Waals surface area contributed by atoms with Crippen molar-refractivity contribution in [2.75, 3.05) is 0 Å². The summed E-state index contributed by atoms with van der Waals surface area (Å²) in [6.45, 7) is 0. The number of carbonyl (C=O) groups is 1. The van der Waals surface area contributed by atoms with Gasteiger partial charge in [-0.1, -0.05) is 11.6 Å². The average Bonchev–Trinajstić information content (AvgIpc) is 2.88. The van der Waals surface area contributed by atoms with Crippen molar-refractivity contribution in [3.05, 3.63) is 78.0 Å². The maximum atomic E-state index is 11.9. The zero-order valence-corrected chi connectivity index (χ0v) is 14.8. The zero-order chi connectivity index (χ0) is 17.3. The monoisotopic (exact) mass is 454 g/mol. The highest BCUT2D eigenvalue weighted by atomic mass is 127. The van der Waals surface area contributed by atoms with Crippen molar-refractivity contribution >= 4 is 57.8 Å². The number of cyclic esters (lactones) is 1. The number of hydrogen-bond donors (Lipinski definition) is 0. The summed E-state index contributed by atoms with van der Waals surface area (Å²) >= 11 is 8.04. The summed E-state index contributed by atoms with van der Waals surface area (Å²) in [5, 5.41) is 10.8. The normalized spacial score (nSPS) is 15.3. The average molecular weight is 455 g/mol. The number of esters is 1. The maximum Gasteiger partial charge on any atom is 0.363 e.